The molecule has 1 heterocycles. The molecule has 0 saturated heterocycles. The molecule has 1 N–H and O–H groups in total. The van der Waals surface area contributed by atoms with Gasteiger partial charge < -0.3 is 5.43 Å². The van der Waals surface area contributed by atoms with Gasteiger partial charge in [0, 0.05) is 12.1 Å². The molecule has 1 aliphatic rings. The van der Waals surface area contributed by atoms with Crippen molar-refractivity contribution in [2.24, 2.45) is 21.8 Å². The summed E-state index contributed by atoms with van der Waals surface area (Å²) >= 11 is 0. The van der Waals surface area contributed by atoms with Gasteiger partial charge in [-0.25, -0.2) is 0 Å². The zero-order valence-corrected chi connectivity index (χ0v) is 9.68. The van der Waals surface area contributed by atoms with E-state index < -0.39 is 0 Å². The smallest absolute Gasteiger partial charge is 0.0571 e. The number of hydrazone groups is 1. The zero-order valence-electron chi connectivity index (χ0n) is 9.68. The summed E-state index contributed by atoms with van der Waals surface area (Å²) in [5, 5.41) is 4.20. The van der Waals surface area contributed by atoms with Gasteiger partial charge in [0.1, 0.15) is 0 Å². The maximum absolute atomic E-state index is 4.20. The Morgan fingerprint density at radius 3 is 1.85 bits per heavy atom. The monoisotopic (exact) mass is 182 g/mol. The maximum Gasteiger partial charge on any atom is 0.0571 e. The Morgan fingerprint density at radius 2 is 1.54 bits per heavy atom. The molecule has 76 valence electrons. The van der Waals surface area contributed by atoms with Crippen LogP contribution in [-0.2, 0) is 0 Å². The Labute approximate surface area is 81.8 Å². The summed E-state index contributed by atoms with van der Waals surface area (Å²) in [6, 6.07) is 0.465. The van der Waals surface area contributed by atoms with Crippen molar-refractivity contribution in [2.75, 3.05) is 0 Å². The Kier molecular flexibility index (Phi) is 2.44. The highest BCUT2D eigenvalue weighted by atomic mass is 15.3. The van der Waals surface area contributed by atoms with E-state index >= 15 is 0 Å². The van der Waals surface area contributed by atoms with Crippen LogP contribution in [0.5, 0.6) is 0 Å². The minimum absolute atomic E-state index is 0.272. The minimum Gasteiger partial charge on any atom is -0.306 e. The fourth-order valence-electron chi connectivity index (χ4n) is 1.83. The van der Waals surface area contributed by atoms with Crippen LogP contribution in [0.4, 0.5) is 0 Å². The Bertz CT molecular complexity index is 205. The highest BCUT2D eigenvalue weighted by Crippen LogP contribution is 2.37. The molecule has 0 aromatic rings. The van der Waals surface area contributed by atoms with Crippen LogP contribution in [0.3, 0.4) is 0 Å². The molecule has 0 saturated carbocycles. The van der Waals surface area contributed by atoms with Gasteiger partial charge in [-0.15, -0.1) is 0 Å². The lowest BCUT2D eigenvalue weighted by atomic mass is 9.70. The average molecular weight is 182 g/mol. The summed E-state index contributed by atoms with van der Waals surface area (Å²) in [6.45, 7) is 13.6. The highest BCUT2D eigenvalue weighted by molar-refractivity contribution is 5.65. The van der Waals surface area contributed by atoms with Crippen molar-refractivity contribution >= 4 is 6.21 Å². The van der Waals surface area contributed by atoms with Crippen LogP contribution in [0, 0.1) is 16.7 Å². The van der Waals surface area contributed by atoms with Crippen molar-refractivity contribution in [1.82, 2.24) is 5.43 Å². The highest BCUT2D eigenvalue weighted by Gasteiger charge is 2.40. The molecule has 0 bridgehead atoms. The van der Waals surface area contributed by atoms with Crippen LogP contribution in [0.15, 0.2) is 5.10 Å². The third kappa shape index (κ3) is 2.23. The summed E-state index contributed by atoms with van der Waals surface area (Å²) in [7, 11) is 0. The van der Waals surface area contributed by atoms with E-state index in [9.17, 15) is 0 Å². The van der Waals surface area contributed by atoms with Gasteiger partial charge in [0.2, 0.25) is 0 Å². The summed E-state index contributed by atoms with van der Waals surface area (Å²) < 4.78 is 0. The number of hydrogen-bond donors (Lipinski definition) is 1. The predicted molar refractivity (Wildman–Crippen MR) is 57.8 cm³/mol. The molecule has 0 amide bonds. The fraction of sp³-hybridized carbons (Fsp3) is 0.909. The van der Waals surface area contributed by atoms with E-state index in [-0.39, 0.29) is 5.41 Å². The first-order valence-electron chi connectivity index (χ1n) is 5.01. The van der Waals surface area contributed by atoms with E-state index in [4.69, 9.17) is 0 Å². The number of nitrogens with zero attached hydrogens (tertiary/aromatic N) is 1. The molecule has 0 fully saturated rings. The first kappa shape index (κ1) is 10.6. The van der Waals surface area contributed by atoms with Crippen LogP contribution < -0.4 is 5.43 Å². The van der Waals surface area contributed by atoms with E-state index in [0.29, 0.717) is 17.4 Å². The van der Waals surface area contributed by atoms with Crippen molar-refractivity contribution < 1.29 is 0 Å². The van der Waals surface area contributed by atoms with E-state index in [1.54, 1.807) is 0 Å². The molecule has 13 heavy (non-hydrogen) atoms. The van der Waals surface area contributed by atoms with Gasteiger partial charge in [0.15, 0.2) is 0 Å². The molecule has 2 atom stereocenters. The quantitative estimate of drug-likeness (QED) is 0.612. The van der Waals surface area contributed by atoms with Gasteiger partial charge in [-0.2, -0.15) is 5.10 Å². The first-order chi connectivity index (χ1) is 5.73. The van der Waals surface area contributed by atoms with Gasteiger partial charge in [-0.05, 0) is 10.8 Å². The van der Waals surface area contributed by atoms with Crippen molar-refractivity contribution in [2.45, 2.75) is 47.6 Å². The SMILES string of the molecule is CC(C)(C)C1C=NNC1C(C)(C)C. The van der Waals surface area contributed by atoms with Crippen LogP contribution in [0.1, 0.15) is 41.5 Å². The zero-order chi connectivity index (χ0) is 10.3. The molecule has 0 radical (unpaired) electrons. The van der Waals surface area contributed by atoms with Crippen molar-refractivity contribution in [1.29, 1.82) is 0 Å². The van der Waals surface area contributed by atoms with Gasteiger partial charge in [0.25, 0.3) is 0 Å². The van der Waals surface area contributed by atoms with Gasteiger partial charge >= 0.3 is 0 Å². The third-order valence-electron chi connectivity index (χ3n) is 2.74. The topological polar surface area (TPSA) is 24.4 Å². The standard InChI is InChI=1S/C11H22N2/c1-10(2,3)8-7-12-13-9(8)11(4,5)6/h7-9,13H,1-6H3. The van der Waals surface area contributed by atoms with E-state index in [1.165, 1.54) is 0 Å². The molecule has 2 unspecified atom stereocenters. The molecular weight excluding hydrogens is 160 g/mol. The van der Waals surface area contributed by atoms with Crippen LogP contribution in [-0.4, -0.2) is 12.3 Å². The van der Waals surface area contributed by atoms with Crippen LogP contribution in [0.2, 0.25) is 0 Å². The lowest BCUT2D eigenvalue weighted by Crippen LogP contribution is -2.44. The average Bonchev–Trinajstić information content (AvgIpc) is 2.27. The Morgan fingerprint density at radius 1 is 1.00 bits per heavy atom. The Balaban J connectivity index is 2.81. The lowest BCUT2D eigenvalue weighted by molar-refractivity contribution is 0.170. The minimum atomic E-state index is 0.272. The van der Waals surface area contributed by atoms with Crippen molar-refractivity contribution in [3.8, 4) is 0 Å². The first-order valence-corrected chi connectivity index (χ1v) is 5.01. The summed E-state index contributed by atoms with van der Waals surface area (Å²) in [5.74, 6) is 0.535. The molecule has 2 heteroatoms. The molecule has 0 aromatic heterocycles. The summed E-state index contributed by atoms with van der Waals surface area (Å²) in [6.07, 6.45) is 2.07. The third-order valence-corrected chi connectivity index (χ3v) is 2.74. The van der Waals surface area contributed by atoms with Crippen LogP contribution >= 0.6 is 0 Å². The second-order valence-corrected chi connectivity index (χ2v) is 6.14. The number of rotatable bonds is 0. The van der Waals surface area contributed by atoms with Crippen LogP contribution in [0.25, 0.3) is 0 Å². The lowest BCUT2D eigenvalue weighted by Gasteiger charge is -2.37. The molecule has 1 rings (SSSR count). The fourth-order valence-corrected chi connectivity index (χ4v) is 1.83. The number of nitrogens with one attached hydrogen (secondary N) is 1. The summed E-state index contributed by atoms with van der Waals surface area (Å²) in [5.41, 5.74) is 3.79. The van der Waals surface area contributed by atoms with Gasteiger partial charge in [-0.1, -0.05) is 41.5 Å². The van der Waals surface area contributed by atoms with Gasteiger partial charge in [0.05, 0.1) is 6.04 Å². The molecular formula is C11H22N2. The predicted octanol–water partition coefficient (Wildman–Crippen LogP) is 2.65. The molecule has 0 aromatic carbocycles. The summed E-state index contributed by atoms with van der Waals surface area (Å²) in [4.78, 5) is 0. The molecule has 1 aliphatic heterocycles. The van der Waals surface area contributed by atoms with E-state index in [2.05, 4.69) is 58.3 Å². The Hall–Kier alpha value is -0.530. The van der Waals surface area contributed by atoms with E-state index in [0.717, 1.165) is 0 Å². The van der Waals surface area contributed by atoms with E-state index in [1.807, 2.05) is 0 Å². The maximum atomic E-state index is 4.20. The second kappa shape index (κ2) is 3.00. The second-order valence-electron chi connectivity index (χ2n) is 6.14. The largest absolute Gasteiger partial charge is 0.306 e. The molecule has 2 nitrogen and oxygen atoms in total. The van der Waals surface area contributed by atoms with Crippen molar-refractivity contribution in [3.63, 3.8) is 0 Å². The normalized spacial score (nSPS) is 29.1. The van der Waals surface area contributed by atoms with Gasteiger partial charge in [-0.3, -0.25) is 0 Å². The number of hydrogen-bond acceptors (Lipinski definition) is 2. The molecule has 0 spiro atoms. The molecule has 0 aliphatic carbocycles. The van der Waals surface area contributed by atoms with Crippen molar-refractivity contribution in [3.05, 3.63) is 0 Å².